The van der Waals surface area contributed by atoms with Gasteiger partial charge in [0, 0.05) is 19.0 Å². The van der Waals surface area contributed by atoms with E-state index < -0.39 is 0 Å². The summed E-state index contributed by atoms with van der Waals surface area (Å²) in [4.78, 5) is 8.93. The van der Waals surface area contributed by atoms with Crippen LogP contribution in [0.2, 0.25) is 0 Å². The Hall–Kier alpha value is -1.80. The van der Waals surface area contributed by atoms with Crippen LogP contribution >= 0.6 is 0 Å². The highest BCUT2D eigenvalue weighted by atomic mass is 16.5. The van der Waals surface area contributed by atoms with E-state index in [1.54, 1.807) is 4.68 Å². The first-order chi connectivity index (χ1) is 9.81. The Kier molecular flexibility index (Phi) is 2.78. The third kappa shape index (κ3) is 2.10. The smallest absolute Gasteiger partial charge is 0.184 e. The molecule has 0 spiro atoms. The number of fused-ring (bicyclic) bond motifs is 1. The fraction of sp³-hybridized carbons (Fsp3) is 0.667. The second kappa shape index (κ2) is 4.64. The lowest BCUT2D eigenvalue weighted by atomic mass is 10.3. The van der Waals surface area contributed by atoms with Crippen LogP contribution < -0.4 is 11.1 Å². The third-order valence-corrected chi connectivity index (χ3v) is 3.73. The third-order valence-electron chi connectivity index (χ3n) is 3.73. The number of aromatic nitrogens is 5. The van der Waals surface area contributed by atoms with Crippen molar-refractivity contribution in [2.45, 2.75) is 31.4 Å². The number of nitrogens with two attached hydrogens (primary N) is 1. The Morgan fingerprint density at radius 3 is 3.00 bits per heavy atom. The van der Waals surface area contributed by atoms with Crippen LogP contribution in [-0.2, 0) is 11.3 Å². The summed E-state index contributed by atoms with van der Waals surface area (Å²) in [5, 5.41) is 11.5. The van der Waals surface area contributed by atoms with Crippen molar-refractivity contribution in [3.8, 4) is 0 Å². The Bertz CT molecular complexity index is 630. The molecule has 0 radical (unpaired) electrons. The standard InChI is InChI=1S/C12H17N7O/c13-10-9-12(16-11(15-10)7-1-2-7)19(18-17-9)6-8-5-14-3-4-20-8/h7-8,14H,1-6H2,(H2,13,15,16). The molecule has 0 aromatic carbocycles. The van der Waals surface area contributed by atoms with Crippen molar-refractivity contribution in [3.63, 3.8) is 0 Å². The number of rotatable bonds is 3. The summed E-state index contributed by atoms with van der Waals surface area (Å²) in [6.45, 7) is 3.07. The van der Waals surface area contributed by atoms with Gasteiger partial charge in [0.15, 0.2) is 17.0 Å². The normalized spacial score (nSPS) is 23.3. The minimum Gasteiger partial charge on any atom is -0.382 e. The molecule has 4 rings (SSSR count). The molecule has 2 aliphatic rings. The molecule has 2 aromatic heterocycles. The zero-order valence-corrected chi connectivity index (χ0v) is 11.1. The average molecular weight is 275 g/mol. The molecule has 8 heteroatoms. The second-order valence-corrected chi connectivity index (χ2v) is 5.38. The zero-order chi connectivity index (χ0) is 13.5. The molecule has 2 fully saturated rings. The molecule has 2 aromatic rings. The highest BCUT2D eigenvalue weighted by Crippen LogP contribution is 2.38. The molecule has 3 heterocycles. The van der Waals surface area contributed by atoms with Gasteiger partial charge in [0.05, 0.1) is 19.3 Å². The number of hydrogen-bond donors (Lipinski definition) is 2. The van der Waals surface area contributed by atoms with Crippen LogP contribution in [0.3, 0.4) is 0 Å². The molecule has 1 saturated heterocycles. The van der Waals surface area contributed by atoms with Crippen molar-refractivity contribution < 1.29 is 4.74 Å². The molecule has 20 heavy (non-hydrogen) atoms. The van der Waals surface area contributed by atoms with E-state index in [1.807, 2.05) is 0 Å². The monoisotopic (exact) mass is 275 g/mol. The number of nitrogen functional groups attached to an aromatic ring is 1. The lowest BCUT2D eigenvalue weighted by molar-refractivity contribution is 0.0165. The van der Waals surface area contributed by atoms with Gasteiger partial charge in [0.1, 0.15) is 5.82 Å². The first-order valence-electron chi connectivity index (χ1n) is 7.00. The maximum Gasteiger partial charge on any atom is 0.184 e. The van der Waals surface area contributed by atoms with E-state index in [9.17, 15) is 0 Å². The van der Waals surface area contributed by atoms with Gasteiger partial charge in [-0.3, -0.25) is 0 Å². The fourth-order valence-corrected chi connectivity index (χ4v) is 2.47. The van der Waals surface area contributed by atoms with E-state index in [0.29, 0.717) is 29.4 Å². The molecule has 1 atom stereocenters. The number of anilines is 1. The largest absolute Gasteiger partial charge is 0.382 e. The van der Waals surface area contributed by atoms with Crippen molar-refractivity contribution in [2.75, 3.05) is 25.4 Å². The van der Waals surface area contributed by atoms with Crippen molar-refractivity contribution in [1.29, 1.82) is 0 Å². The summed E-state index contributed by atoms with van der Waals surface area (Å²) in [7, 11) is 0. The van der Waals surface area contributed by atoms with Crippen LogP contribution in [0, 0.1) is 0 Å². The molecule has 0 bridgehead atoms. The zero-order valence-electron chi connectivity index (χ0n) is 11.1. The predicted molar refractivity (Wildman–Crippen MR) is 72.1 cm³/mol. The van der Waals surface area contributed by atoms with Crippen molar-refractivity contribution in [1.82, 2.24) is 30.3 Å². The van der Waals surface area contributed by atoms with Gasteiger partial charge in [-0.25, -0.2) is 14.6 Å². The summed E-state index contributed by atoms with van der Waals surface area (Å²) < 4.78 is 7.47. The Morgan fingerprint density at radius 1 is 1.35 bits per heavy atom. The summed E-state index contributed by atoms with van der Waals surface area (Å²) >= 11 is 0. The van der Waals surface area contributed by atoms with Crippen LogP contribution in [-0.4, -0.2) is 50.8 Å². The van der Waals surface area contributed by atoms with Crippen LogP contribution in [0.5, 0.6) is 0 Å². The molecule has 1 aliphatic carbocycles. The van der Waals surface area contributed by atoms with E-state index in [2.05, 4.69) is 25.6 Å². The molecular weight excluding hydrogens is 258 g/mol. The predicted octanol–water partition coefficient (Wildman–Crippen LogP) is -0.331. The van der Waals surface area contributed by atoms with E-state index in [-0.39, 0.29) is 6.10 Å². The van der Waals surface area contributed by atoms with E-state index in [4.69, 9.17) is 10.5 Å². The van der Waals surface area contributed by atoms with Crippen LogP contribution in [0.25, 0.3) is 11.2 Å². The average Bonchev–Trinajstić information content (AvgIpc) is 3.24. The van der Waals surface area contributed by atoms with Crippen LogP contribution in [0.15, 0.2) is 0 Å². The SMILES string of the molecule is Nc1nc(C2CC2)nc2c1nnn2CC1CNCCO1. The van der Waals surface area contributed by atoms with Crippen molar-refractivity contribution in [3.05, 3.63) is 5.82 Å². The van der Waals surface area contributed by atoms with E-state index in [0.717, 1.165) is 38.4 Å². The molecule has 1 unspecified atom stereocenters. The van der Waals surface area contributed by atoms with E-state index >= 15 is 0 Å². The van der Waals surface area contributed by atoms with Gasteiger partial charge in [-0.05, 0) is 12.8 Å². The van der Waals surface area contributed by atoms with Gasteiger partial charge in [0.25, 0.3) is 0 Å². The summed E-state index contributed by atoms with van der Waals surface area (Å²) in [5.74, 6) is 1.70. The Labute approximate surface area is 115 Å². The summed E-state index contributed by atoms with van der Waals surface area (Å²) in [5.41, 5.74) is 7.26. The number of nitrogens with zero attached hydrogens (tertiary/aromatic N) is 5. The molecule has 106 valence electrons. The molecule has 1 saturated carbocycles. The van der Waals surface area contributed by atoms with Gasteiger partial charge in [0.2, 0.25) is 0 Å². The minimum atomic E-state index is 0.0919. The molecule has 8 nitrogen and oxygen atoms in total. The Morgan fingerprint density at radius 2 is 2.25 bits per heavy atom. The highest BCUT2D eigenvalue weighted by Gasteiger charge is 2.28. The van der Waals surface area contributed by atoms with Gasteiger partial charge in [-0.15, -0.1) is 5.10 Å². The second-order valence-electron chi connectivity index (χ2n) is 5.38. The lowest BCUT2D eigenvalue weighted by Crippen LogP contribution is -2.40. The number of nitrogens with one attached hydrogen (secondary N) is 1. The minimum absolute atomic E-state index is 0.0919. The quantitative estimate of drug-likeness (QED) is 0.790. The lowest BCUT2D eigenvalue weighted by Gasteiger charge is -2.23. The van der Waals surface area contributed by atoms with Crippen molar-refractivity contribution in [2.24, 2.45) is 0 Å². The van der Waals surface area contributed by atoms with Crippen molar-refractivity contribution >= 4 is 17.0 Å². The van der Waals surface area contributed by atoms with Gasteiger partial charge >= 0.3 is 0 Å². The molecule has 3 N–H and O–H groups in total. The Balaban J connectivity index is 1.67. The first kappa shape index (κ1) is 12.0. The summed E-state index contributed by atoms with van der Waals surface area (Å²) in [6.07, 6.45) is 2.37. The van der Waals surface area contributed by atoms with Gasteiger partial charge < -0.3 is 15.8 Å². The molecule has 1 aliphatic heterocycles. The molecule has 0 amide bonds. The van der Waals surface area contributed by atoms with E-state index in [1.165, 1.54) is 0 Å². The topological polar surface area (TPSA) is 104 Å². The number of hydrogen-bond acceptors (Lipinski definition) is 7. The maximum absolute atomic E-state index is 5.96. The highest BCUT2D eigenvalue weighted by molar-refractivity contribution is 5.80. The molecular formula is C12H17N7O. The maximum atomic E-state index is 5.96. The van der Waals surface area contributed by atoms with Gasteiger partial charge in [-0.1, -0.05) is 5.21 Å². The number of ether oxygens (including phenoxy) is 1. The fourth-order valence-electron chi connectivity index (χ4n) is 2.47. The van der Waals surface area contributed by atoms with Crippen LogP contribution in [0.4, 0.5) is 5.82 Å². The summed E-state index contributed by atoms with van der Waals surface area (Å²) in [6, 6.07) is 0. The number of morpholine rings is 1. The van der Waals surface area contributed by atoms with Gasteiger partial charge in [-0.2, -0.15) is 0 Å². The van der Waals surface area contributed by atoms with Crippen LogP contribution in [0.1, 0.15) is 24.6 Å². The first-order valence-corrected chi connectivity index (χ1v) is 7.00.